The van der Waals surface area contributed by atoms with E-state index in [-0.39, 0.29) is 28.7 Å². The monoisotopic (exact) mass is 251 g/mol. The van der Waals surface area contributed by atoms with Crippen molar-refractivity contribution in [3.63, 3.8) is 0 Å². The van der Waals surface area contributed by atoms with Gasteiger partial charge in [0.25, 0.3) is 0 Å². The van der Waals surface area contributed by atoms with Crippen molar-refractivity contribution in [1.82, 2.24) is 9.97 Å². The highest BCUT2D eigenvalue weighted by Gasteiger charge is 2.39. The molecule has 0 radical (unpaired) electrons. The summed E-state index contributed by atoms with van der Waals surface area (Å²) in [6, 6.07) is 0. The van der Waals surface area contributed by atoms with E-state index in [9.17, 15) is 10.1 Å². The number of nitro groups is 1. The zero-order chi connectivity index (χ0) is 13.5. The Kier molecular flexibility index (Phi) is 2.84. The van der Waals surface area contributed by atoms with E-state index in [0.29, 0.717) is 5.92 Å². The number of nitrogen functional groups attached to an aromatic ring is 1. The third-order valence-corrected chi connectivity index (χ3v) is 3.30. The molecule has 1 aromatic rings. The molecule has 1 saturated carbocycles. The van der Waals surface area contributed by atoms with E-state index in [1.54, 1.807) is 6.92 Å². The summed E-state index contributed by atoms with van der Waals surface area (Å²) in [6.07, 6.45) is 2.26. The molecule has 1 aromatic heterocycles. The van der Waals surface area contributed by atoms with Crippen LogP contribution in [0.4, 0.5) is 17.5 Å². The SMILES string of the molecule is Cc1nc(N)nc(NC(C)(C)C2CC2)c1[N+](=O)[O-]. The van der Waals surface area contributed by atoms with E-state index in [1.807, 2.05) is 13.8 Å². The molecule has 7 heteroatoms. The molecule has 0 amide bonds. The normalized spacial score (nSPS) is 15.5. The molecule has 98 valence electrons. The van der Waals surface area contributed by atoms with Crippen LogP contribution in [0.15, 0.2) is 0 Å². The van der Waals surface area contributed by atoms with E-state index < -0.39 is 4.92 Å². The predicted octanol–water partition coefficient (Wildman–Crippen LogP) is 1.88. The maximum atomic E-state index is 11.1. The lowest BCUT2D eigenvalue weighted by Gasteiger charge is -2.26. The average Bonchev–Trinajstić information content (AvgIpc) is 2.96. The molecule has 0 atom stereocenters. The third kappa shape index (κ3) is 2.34. The number of aromatic nitrogens is 2. The fraction of sp³-hybridized carbons (Fsp3) is 0.636. The minimum Gasteiger partial charge on any atom is -0.368 e. The van der Waals surface area contributed by atoms with Crippen molar-refractivity contribution in [2.24, 2.45) is 5.92 Å². The van der Waals surface area contributed by atoms with Crippen molar-refractivity contribution >= 4 is 17.5 Å². The van der Waals surface area contributed by atoms with E-state index >= 15 is 0 Å². The molecule has 0 aliphatic heterocycles. The Labute approximate surface area is 105 Å². The summed E-state index contributed by atoms with van der Waals surface area (Å²) in [5.41, 5.74) is 5.51. The lowest BCUT2D eigenvalue weighted by atomic mass is 9.99. The van der Waals surface area contributed by atoms with Gasteiger partial charge >= 0.3 is 5.69 Å². The first-order chi connectivity index (χ1) is 8.31. The van der Waals surface area contributed by atoms with Gasteiger partial charge in [0.05, 0.1) is 4.92 Å². The largest absolute Gasteiger partial charge is 0.368 e. The molecule has 7 nitrogen and oxygen atoms in total. The molecule has 1 aliphatic rings. The van der Waals surface area contributed by atoms with Crippen LogP contribution in [0.25, 0.3) is 0 Å². The lowest BCUT2D eigenvalue weighted by Crippen LogP contribution is -2.34. The van der Waals surface area contributed by atoms with Crippen molar-refractivity contribution < 1.29 is 4.92 Å². The van der Waals surface area contributed by atoms with E-state index in [1.165, 1.54) is 0 Å². The molecule has 0 bridgehead atoms. The number of aryl methyl sites for hydroxylation is 1. The van der Waals surface area contributed by atoms with E-state index in [4.69, 9.17) is 5.73 Å². The Morgan fingerprint density at radius 2 is 2.06 bits per heavy atom. The molecule has 0 unspecified atom stereocenters. The van der Waals surface area contributed by atoms with Crippen molar-refractivity contribution in [3.8, 4) is 0 Å². The Morgan fingerprint density at radius 1 is 1.44 bits per heavy atom. The molecule has 1 fully saturated rings. The maximum absolute atomic E-state index is 11.1. The highest BCUT2D eigenvalue weighted by Crippen LogP contribution is 2.42. The number of hydrogen-bond donors (Lipinski definition) is 2. The number of hydrogen-bond acceptors (Lipinski definition) is 6. The number of nitrogens with zero attached hydrogens (tertiary/aromatic N) is 3. The van der Waals surface area contributed by atoms with Crippen LogP contribution in [0.2, 0.25) is 0 Å². The summed E-state index contributed by atoms with van der Waals surface area (Å²) >= 11 is 0. The predicted molar refractivity (Wildman–Crippen MR) is 68.3 cm³/mol. The molecule has 2 rings (SSSR count). The van der Waals surface area contributed by atoms with Crippen LogP contribution in [-0.2, 0) is 0 Å². The second-order valence-corrected chi connectivity index (χ2v) is 5.24. The van der Waals surface area contributed by atoms with Gasteiger partial charge in [-0.05, 0) is 39.5 Å². The lowest BCUT2D eigenvalue weighted by molar-refractivity contribution is -0.385. The van der Waals surface area contributed by atoms with Gasteiger partial charge in [-0.15, -0.1) is 0 Å². The summed E-state index contributed by atoms with van der Waals surface area (Å²) < 4.78 is 0. The number of nitrogens with one attached hydrogen (secondary N) is 1. The molecular formula is C11H17N5O2. The van der Waals surface area contributed by atoms with Crippen molar-refractivity contribution in [2.75, 3.05) is 11.1 Å². The highest BCUT2D eigenvalue weighted by molar-refractivity contribution is 5.61. The summed E-state index contributed by atoms with van der Waals surface area (Å²) in [7, 11) is 0. The standard InChI is InChI=1S/C11H17N5O2/c1-6-8(16(17)18)9(14-10(12)13-6)15-11(2,3)7-4-5-7/h7H,4-5H2,1-3H3,(H3,12,13,14,15). The quantitative estimate of drug-likeness (QED) is 0.625. The molecule has 1 heterocycles. The number of anilines is 2. The average molecular weight is 251 g/mol. The van der Waals surface area contributed by atoms with Crippen LogP contribution in [0, 0.1) is 23.0 Å². The maximum Gasteiger partial charge on any atom is 0.332 e. The summed E-state index contributed by atoms with van der Waals surface area (Å²) in [5, 5.41) is 14.2. The summed E-state index contributed by atoms with van der Waals surface area (Å²) in [4.78, 5) is 18.4. The minimum absolute atomic E-state index is 0.0483. The van der Waals surface area contributed by atoms with Crippen LogP contribution in [0.3, 0.4) is 0 Å². The smallest absolute Gasteiger partial charge is 0.332 e. The van der Waals surface area contributed by atoms with Gasteiger partial charge in [0.2, 0.25) is 11.8 Å². The third-order valence-electron chi connectivity index (χ3n) is 3.30. The van der Waals surface area contributed by atoms with Gasteiger partial charge in [0.1, 0.15) is 5.69 Å². The van der Waals surface area contributed by atoms with Gasteiger partial charge in [-0.1, -0.05) is 0 Å². The molecule has 0 aromatic carbocycles. The molecule has 0 spiro atoms. The van der Waals surface area contributed by atoms with Crippen LogP contribution in [-0.4, -0.2) is 20.4 Å². The Morgan fingerprint density at radius 3 is 2.56 bits per heavy atom. The van der Waals surface area contributed by atoms with E-state index in [2.05, 4.69) is 15.3 Å². The molecular weight excluding hydrogens is 234 g/mol. The van der Waals surface area contributed by atoms with Crippen LogP contribution in [0.5, 0.6) is 0 Å². The summed E-state index contributed by atoms with van der Waals surface area (Å²) in [6.45, 7) is 5.59. The zero-order valence-electron chi connectivity index (χ0n) is 10.7. The van der Waals surface area contributed by atoms with Crippen molar-refractivity contribution in [3.05, 3.63) is 15.8 Å². The van der Waals surface area contributed by atoms with Gasteiger partial charge in [0, 0.05) is 5.54 Å². The zero-order valence-corrected chi connectivity index (χ0v) is 10.7. The Bertz CT molecular complexity index is 496. The van der Waals surface area contributed by atoms with Crippen molar-refractivity contribution in [1.29, 1.82) is 0 Å². The number of rotatable bonds is 4. The first-order valence-electron chi connectivity index (χ1n) is 5.88. The van der Waals surface area contributed by atoms with Gasteiger partial charge in [-0.2, -0.15) is 4.98 Å². The van der Waals surface area contributed by atoms with Crippen molar-refractivity contribution in [2.45, 2.75) is 39.2 Å². The fourth-order valence-corrected chi connectivity index (χ4v) is 2.11. The first-order valence-corrected chi connectivity index (χ1v) is 5.88. The topological polar surface area (TPSA) is 107 Å². The van der Waals surface area contributed by atoms with Crippen LogP contribution in [0.1, 0.15) is 32.4 Å². The fourth-order valence-electron chi connectivity index (χ4n) is 2.11. The van der Waals surface area contributed by atoms with Crippen LogP contribution >= 0.6 is 0 Å². The van der Waals surface area contributed by atoms with Gasteiger partial charge in [-0.25, -0.2) is 4.98 Å². The second kappa shape index (κ2) is 4.08. The minimum atomic E-state index is -0.472. The Hall–Kier alpha value is -1.92. The molecule has 0 saturated heterocycles. The van der Waals surface area contributed by atoms with E-state index in [0.717, 1.165) is 12.8 Å². The second-order valence-electron chi connectivity index (χ2n) is 5.24. The number of nitrogens with two attached hydrogens (primary N) is 1. The molecule has 3 N–H and O–H groups in total. The molecule has 18 heavy (non-hydrogen) atoms. The van der Waals surface area contributed by atoms with Crippen LogP contribution < -0.4 is 11.1 Å². The highest BCUT2D eigenvalue weighted by atomic mass is 16.6. The summed E-state index contributed by atoms with van der Waals surface area (Å²) in [5.74, 6) is 0.780. The first kappa shape index (κ1) is 12.5. The molecule has 1 aliphatic carbocycles. The van der Waals surface area contributed by atoms with Gasteiger partial charge < -0.3 is 11.1 Å². The van der Waals surface area contributed by atoms with Gasteiger partial charge in [0.15, 0.2) is 0 Å². The Balaban J connectivity index is 2.39. The van der Waals surface area contributed by atoms with Gasteiger partial charge in [-0.3, -0.25) is 10.1 Å².